The third-order valence-corrected chi connectivity index (χ3v) is 4.04. The average Bonchev–Trinajstić information content (AvgIpc) is 2.87. The second-order valence-electron chi connectivity index (χ2n) is 5.44. The molecule has 2 aliphatic heterocycles. The molecule has 0 aromatic carbocycles. The van der Waals surface area contributed by atoms with Crippen molar-refractivity contribution in [2.75, 3.05) is 19.6 Å². The van der Waals surface area contributed by atoms with Crippen molar-refractivity contribution in [2.45, 2.75) is 38.4 Å². The molecule has 0 aliphatic carbocycles. The molecule has 2 bridgehead atoms. The van der Waals surface area contributed by atoms with E-state index in [2.05, 4.69) is 42.9 Å². The summed E-state index contributed by atoms with van der Waals surface area (Å²) in [6, 6.07) is 2.21. The molecule has 2 fully saturated rings. The molecule has 2 unspecified atom stereocenters. The van der Waals surface area contributed by atoms with E-state index in [0.29, 0.717) is 6.04 Å². The lowest BCUT2D eigenvalue weighted by Gasteiger charge is -2.36. The van der Waals surface area contributed by atoms with E-state index < -0.39 is 0 Å². The van der Waals surface area contributed by atoms with Crippen molar-refractivity contribution in [3.8, 4) is 0 Å². The maximum atomic E-state index is 3.87. The van der Waals surface area contributed by atoms with Crippen LogP contribution < -0.4 is 0 Å². The van der Waals surface area contributed by atoms with Gasteiger partial charge in [0.05, 0.1) is 0 Å². The fourth-order valence-corrected chi connectivity index (χ4v) is 3.18. The molecule has 2 rings (SSSR count). The van der Waals surface area contributed by atoms with E-state index >= 15 is 0 Å². The molecule has 2 heteroatoms. The second-order valence-corrected chi connectivity index (χ2v) is 5.44. The van der Waals surface area contributed by atoms with Gasteiger partial charge in [0.25, 0.3) is 0 Å². The zero-order valence-corrected chi connectivity index (χ0v) is 11.1. The zero-order chi connectivity index (χ0) is 12.4. The van der Waals surface area contributed by atoms with Crippen LogP contribution in [-0.4, -0.2) is 47.6 Å². The molecule has 0 N–H and O–H groups in total. The summed E-state index contributed by atoms with van der Waals surface area (Å²) >= 11 is 0. The maximum Gasteiger partial charge on any atom is 0.0242 e. The predicted molar refractivity (Wildman–Crippen MR) is 74.1 cm³/mol. The molecule has 0 saturated carbocycles. The molecule has 2 aliphatic rings. The molecule has 0 radical (unpaired) electrons. The van der Waals surface area contributed by atoms with Crippen molar-refractivity contribution in [2.24, 2.45) is 0 Å². The van der Waals surface area contributed by atoms with Gasteiger partial charge in [-0.2, -0.15) is 0 Å². The number of hydrogen-bond acceptors (Lipinski definition) is 2. The number of allylic oxidation sites excluding steroid dienone is 2. The van der Waals surface area contributed by atoms with Crippen molar-refractivity contribution >= 4 is 0 Å². The Balaban J connectivity index is 1.94. The molecular weight excluding hydrogens is 208 g/mol. The molecule has 2 atom stereocenters. The van der Waals surface area contributed by atoms with Crippen LogP contribution in [-0.2, 0) is 0 Å². The molecule has 2 nitrogen and oxygen atoms in total. The van der Waals surface area contributed by atoms with Gasteiger partial charge in [0.15, 0.2) is 0 Å². The van der Waals surface area contributed by atoms with E-state index in [9.17, 15) is 0 Å². The lowest BCUT2D eigenvalue weighted by Crippen LogP contribution is -2.49. The molecule has 94 valence electrons. The lowest BCUT2D eigenvalue weighted by molar-refractivity contribution is 0.111. The smallest absolute Gasteiger partial charge is 0.0242 e. The summed E-state index contributed by atoms with van der Waals surface area (Å²) in [5.74, 6) is 0. The van der Waals surface area contributed by atoms with Crippen LogP contribution in [0.3, 0.4) is 0 Å². The first kappa shape index (κ1) is 12.6. The van der Waals surface area contributed by atoms with Crippen molar-refractivity contribution in [1.82, 2.24) is 9.80 Å². The van der Waals surface area contributed by atoms with Gasteiger partial charge in [0.2, 0.25) is 0 Å². The van der Waals surface area contributed by atoms with Gasteiger partial charge in [0, 0.05) is 37.8 Å². The third-order valence-electron chi connectivity index (χ3n) is 4.04. The van der Waals surface area contributed by atoms with Gasteiger partial charge < -0.3 is 0 Å². The summed E-state index contributed by atoms with van der Waals surface area (Å²) in [4.78, 5) is 5.24. The Labute approximate surface area is 105 Å². The summed E-state index contributed by atoms with van der Waals surface area (Å²) in [5.41, 5.74) is 1.28. The Morgan fingerprint density at radius 2 is 2.06 bits per heavy atom. The minimum absolute atomic E-state index is 0.690. The van der Waals surface area contributed by atoms with E-state index in [0.717, 1.165) is 18.6 Å². The van der Waals surface area contributed by atoms with Crippen LogP contribution in [0, 0.1) is 0 Å². The Hall–Kier alpha value is -0.860. The van der Waals surface area contributed by atoms with Crippen molar-refractivity contribution in [3.05, 3.63) is 37.0 Å². The Morgan fingerprint density at radius 3 is 2.53 bits per heavy atom. The highest BCUT2D eigenvalue weighted by atomic mass is 15.4. The quantitative estimate of drug-likeness (QED) is 0.672. The van der Waals surface area contributed by atoms with Crippen molar-refractivity contribution in [1.29, 1.82) is 0 Å². The van der Waals surface area contributed by atoms with Crippen molar-refractivity contribution < 1.29 is 0 Å². The van der Waals surface area contributed by atoms with E-state index in [1.165, 1.54) is 25.1 Å². The average molecular weight is 232 g/mol. The predicted octanol–water partition coefficient (Wildman–Crippen LogP) is 2.45. The van der Waals surface area contributed by atoms with Gasteiger partial charge in [-0.3, -0.25) is 9.80 Å². The summed E-state index contributed by atoms with van der Waals surface area (Å²) in [7, 11) is 0. The number of fused-ring (bicyclic) bond motifs is 2. The third kappa shape index (κ3) is 2.53. The van der Waals surface area contributed by atoms with E-state index in [4.69, 9.17) is 0 Å². The molecule has 2 saturated heterocycles. The minimum Gasteiger partial charge on any atom is -0.295 e. The van der Waals surface area contributed by atoms with Crippen LogP contribution in [0.5, 0.6) is 0 Å². The largest absolute Gasteiger partial charge is 0.295 e. The van der Waals surface area contributed by atoms with Crippen LogP contribution in [0.2, 0.25) is 0 Å². The summed E-state index contributed by atoms with van der Waals surface area (Å²) in [6.45, 7) is 15.7. The number of hydrogen-bond donors (Lipinski definition) is 0. The SMILES string of the molecule is C=C/C=C(\C=C)CN1CC2CC1CN2C(C)C. The highest BCUT2D eigenvalue weighted by molar-refractivity contribution is 5.23. The Morgan fingerprint density at radius 1 is 1.29 bits per heavy atom. The Bertz CT molecular complexity index is 330. The summed E-state index contributed by atoms with van der Waals surface area (Å²) in [6.07, 6.45) is 7.22. The maximum absolute atomic E-state index is 3.87. The van der Waals surface area contributed by atoms with E-state index in [1.54, 1.807) is 0 Å². The minimum atomic E-state index is 0.690. The number of likely N-dealkylation sites (tertiary alicyclic amines) is 2. The fraction of sp³-hybridized carbons (Fsp3) is 0.600. The first-order chi connectivity index (χ1) is 8.15. The van der Waals surface area contributed by atoms with Crippen LogP contribution in [0.1, 0.15) is 20.3 Å². The van der Waals surface area contributed by atoms with Gasteiger partial charge in [-0.25, -0.2) is 0 Å². The van der Waals surface area contributed by atoms with Gasteiger partial charge in [-0.15, -0.1) is 0 Å². The topological polar surface area (TPSA) is 6.48 Å². The zero-order valence-electron chi connectivity index (χ0n) is 11.1. The van der Waals surface area contributed by atoms with E-state index in [-0.39, 0.29) is 0 Å². The molecule has 0 amide bonds. The monoisotopic (exact) mass is 232 g/mol. The second kappa shape index (κ2) is 5.19. The highest BCUT2D eigenvalue weighted by Gasteiger charge is 2.43. The first-order valence-corrected chi connectivity index (χ1v) is 6.59. The number of rotatable bonds is 5. The fourth-order valence-electron chi connectivity index (χ4n) is 3.18. The van der Waals surface area contributed by atoms with Gasteiger partial charge >= 0.3 is 0 Å². The summed E-state index contributed by atoms with van der Waals surface area (Å²) in [5, 5.41) is 0. The normalized spacial score (nSPS) is 30.2. The van der Waals surface area contributed by atoms with Crippen LogP contribution in [0.4, 0.5) is 0 Å². The molecule has 2 heterocycles. The highest BCUT2D eigenvalue weighted by Crippen LogP contribution is 2.32. The molecule has 0 spiro atoms. The van der Waals surface area contributed by atoms with Gasteiger partial charge in [0.1, 0.15) is 0 Å². The van der Waals surface area contributed by atoms with Gasteiger partial charge in [-0.05, 0) is 25.8 Å². The number of nitrogens with zero attached hydrogens (tertiary/aromatic N) is 2. The first-order valence-electron chi connectivity index (χ1n) is 6.59. The van der Waals surface area contributed by atoms with E-state index in [1.807, 2.05) is 12.2 Å². The number of piperazine rings is 1. The van der Waals surface area contributed by atoms with Crippen molar-refractivity contribution in [3.63, 3.8) is 0 Å². The standard InChI is InChI=1S/C15H24N2/c1-5-7-13(6-2)9-16-10-15-8-14(16)11-17(15)12(3)4/h5-7,12,14-15H,1-2,8-11H2,3-4H3/b13-7+. The lowest BCUT2D eigenvalue weighted by atomic mass is 10.2. The van der Waals surface area contributed by atoms with Crippen LogP contribution in [0.25, 0.3) is 0 Å². The Kier molecular flexibility index (Phi) is 3.85. The van der Waals surface area contributed by atoms with Crippen LogP contribution in [0.15, 0.2) is 37.0 Å². The summed E-state index contributed by atoms with van der Waals surface area (Å²) < 4.78 is 0. The molecule has 0 aromatic heterocycles. The molecular formula is C15H24N2. The molecule has 17 heavy (non-hydrogen) atoms. The van der Waals surface area contributed by atoms with Crippen LogP contribution >= 0.6 is 0 Å². The molecule has 0 aromatic rings. The van der Waals surface area contributed by atoms with Gasteiger partial charge in [-0.1, -0.05) is 31.4 Å².